The molecule has 0 spiro atoms. The first-order valence-electron chi connectivity index (χ1n) is 6.38. The number of thioether (sulfide) groups is 2. The average Bonchev–Trinajstić information content (AvgIpc) is 2.41. The van der Waals surface area contributed by atoms with Crippen LogP contribution in [0.2, 0.25) is 0 Å². The Bertz CT molecular complexity index is 414. The lowest BCUT2D eigenvalue weighted by Crippen LogP contribution is -2.23. The quantitative estimate of drug-likeness (QED) is 0.925. The van der Waals surface area contributed by atoms with E-state index in [9.17, 15) is 5.11 Å². The van der Waals surface area contributed by atoms with Crippen molar-refractivity contribution < 1.29 is 5.11 Å². The average molecular weight is 284 g/mol. The van der Waals surface area contributed by atoms with Crippen molar-refractivity contribution in [3.63, 3.8) is 0 Å². The van der Waals surface area contributed by atoms with Gasteiger partial charge in [-0.1, -0.05) is 20.8 Å². The Kier molecular flexibility index (Phi) is 4.92. The van der Waals surface area contributed by atoms with Crippen LogP contribution >= 0.6 is 23.5 Å². The van der Waals surface area contributed by atoms with Crippen LogP contribution in [0.5, 0.6) is 0 Å². The first-order chi connectivity index (χ1) is 8.65. The molecule has 18 heavy (non-hydrogen) atoms. The van der Waals surface area contributed by atoms with Crippen LogP contribution in [-0.2, 0) is 13.0 Å². The zero-order valence-electron chi connectivity index (χ0n) is 11.1. The van der Waals surface area contributed by atoms with Gasteiger partial charge in [0.1, 0.15) is 5.82 Å². The number of aliphatic hydroxyl groups is 1. The highest BCUT2D eigenvalue weighted by Gasteiger charge is 2.28. The molecule has 0 bridgehead atoms. The van der Waals surface area contributed by atoms with Crippen molar-refractivity contribution in [3.8, 4) is 0 Å². The van der Waals surface area contributed by atoms with Gasteiger partial charge in [-0.3, -0.25) is 0 Å². The van der Waals surface area contributed by atoms with Crippen LogP contribution in [0.3, 0.4) is 0 Å². The summed E-state index contributed by atoms with van der Waals surface area (Å²) in [7, 11) is 0. The van der Waals surface area contributed by atoms with Gasteiger partial charge in [-0.05, 0) is 6.42 Å². The number of aliphatic hydroxyl groups excluding tert-OH is 1. The van der Waals surface area contributed by atoms with Gasteiger partial charge in [0, 0.05) is 33.7 Å². The molecular formula is C13H20N2OS2. The molecule has 0 radical (unpaired) electrons. The van der Waals surface area contributed by atoms with Crippen molar-refractivity contribution in [2.45, 2.75) is 49.5 Å². The molecule has 0 aromatic carbocycles. The number of aromatic nitrogens is 2. The molecule has 3 nitrogen and oxygen atoms in total. The fourth-order valence-corrected chi connectivity index (χ4v) is 4.82. The third kappa shape index (κ3) is 3.00. The van der Waals surface area contributed by atoms with E-state index in [0.717, 1.165) is 29.3 Å². The van der Waals surface area contributed by atoms with Crippen LogP contribution in [0.15, 0.2) is 6.20 Å². The van der Waals surface area contributed by atoms with Crippen LogP contribution in [-0.4, -0.2) is 31.3 Å². The van der Waals surface area contributed by atoms with E-state index in [4.69, 9.17) is 0 Å². The van der Waals surface area contributed by atoms with Crippen molar-refractivity contribution in [2.24, 2.45) is 0 Å². The van der Waals surface area contributed by atoms with E-state index in [1.54, 1.807) is 6.20 Å². The van der Waals surface area contributed by atoms with Crippen LogP contribution in [0.25, 0.3) is 0 Å². The minimum atomic E-state index is 0.0312. The maximum atomic E-state index is 9.24. The Hall–Kier alpha value is -0.260. The maximum Gasteiger partial charge on any atom is 0.142 e. The van der Waals surface area contributed by atoms with E-state index in [1.165, 1.54) is 0 Å². The lowest BCUT2D eigenvalue weighted by molar-refractivity contribution is 0.279. The van der Waals surface area contributed by atoms with Gasteiger partial charge in [0.15, 0.2) is 0 Å². The normalized spacial score (nSPS) is 28.3. The Labute approximate surface area is 117 Å². The van der Waals surface area contributed by atoms with E-state index in [2.05, 4.69) is 30.7 Å². The van der Waals surface area contributed by atoms with E-state index >= 15 is 0 Å². The van der Waals surface area contributed by atoms with E-state index < -0.39 is 0 Å². The molecule has 1 saturated heterocycles. The number of aryl methyl sites for hydroxylation is 1. The maximum absolute atomic E-state index is 9.24. The first kappa shape index (κ1) is 14.2. The molecule has 1 aromatic heterocycles. The van der Waals surface area contributed by atoms with Crippen LogP contribution in [0.4, 0.5) is 0 Å². The molecule has 2 heterocycles. The molecule has 1 aliphatic rings. The molecule has 1 aromatic rings. The van der Waals surface area contributed by atoms with Gasteiger partial charge in [0.05, 0.1) is 11.9 Å². The lowest BCUT2D eigenvalue weighted by atomic mass is 10.2. The summed E-state index contributed by atoms with van der Waals surface area (Å²) in [6, 6.07) is 0. The lowest BCUT2D eigenvalue weighted by Gasteiger charge is -2.30. The Morgan fingerprint density at radius 3 is 2.78 bits per heavy atom. The summed E-state index contributed by atoms with van der Waals surface area (Å²) in [5, 5.41) is 11.0. The van der Waals surface area contributed by atoms with Crippen molar-refractivity contribution in [1.82, 2.24) is 9.97 Å². The summed E-state index contributed by atoms with van der Waals surface area (Å²) in [6.07, 6.45) is 2.64. The summed E-state index contributed by atoms with van der Waals surface area (Å²) in [6.45, 7) is 6.66. The van der Waals surface area contributed by atoms with Crippen molar-refractivity contribution in [2.75, 3.05) is 5.75 Å². The summed E-state index contributed by atoms with van der Waals surface area (Å²) in [5.74, 6) is 2.01. The SMILES string of the molecule is CCc1nc(C2CSC(C)C(C)S2)ncc1CO. The molecule has 3 unspecified atom stereocenters. The second-order valence-electron chi connectivity index (χ2n) is 4.58. The van der Waals surface area contributed by atoms with Crippen LogP contribution in [0.1, 0.15) is 43.1 Å². The summed E-state index contributed by atoms with van der Waals surface area (Å²) >= 11 is 3.97. The summed E-state index contributed by atoms with van der Waals surface area (Å²) < 4.78 is 0. The molecule has 2 rings (SSSR count). The standard InChI is InChI=1S/C13H20N2OS2/c1-4-11-10(6-16)5-14-13(15-11)12-7-17-8(2)9(3)18-12/h5,8-9,12,16H,4,6-7H2,1-3H3. The predicted molar refractivity (Wildman–Crippen MR) is 79.0 cm³/mol. The Morgan fingerprint density at radius 1 is 1.39 bits per heavy atom. The van der Waals surface area contributed by atoms with Gasteiger partial charge >= 0.3 is 0 Å². The molecular weight excluding hydrogens is 264 g/mol. The highest BCUT2D eigenvalue weighted by molar-refractivity contribution is 8.07. The van der Waals surface area contributed by atoms with Crippen molar-refractivity contribution >= 4 is 23.5 Å². The smallest absolute Gasteiger partial charge is 0.142 e. The number of rotatable bonds is 3. The van der Waals surface area contributed by atoms with Crippen molar-refractivity contribution in [1.29, 1.82) is 0 Å². The third-order valence-electron chi connectivity index (χ3n) is 3.32. The van der Waals surface area contributed by atoms with Gasteiger partial charge < -0.3 is 5.11 Å². The zero-order chi connectivity index (χ0) is 13.1. The van der Waals surface area contributed by atoms with E-state index in [1.807, 2.05) is 23.5 Å². The molecule has 0 aliphatic carbocycles. The second kappa shape index (κ2) is 6.26. The van der Waals surface area contributed by atoms with Gasteiger partial charge in [0.25, 0.3) is 0 Å². The highest BCUT2D eigenvalue weighted by Crippen LogP contribution is 2.43. The summed E-state index contributed by atoms with van der Waals surface area (Å²) in [5.41, 5.74) is 1.84. The van der Waals surface area contributed by atoms with E-state index in [0.29, 0.717) is 15.7 Å². The molecule has 100 valence electrons. The van der Waals surface area contributed by atoms with Gasteiger partial charge in [-0.2, -0.15) is 11.8 Å². The molecule has 1 fully saturated rings. The molecule has 1 N–H and O–H groups in total. The fourth-order valence-electron chi connectivity index (χ4n) is 1.97. The zero-order valence-corrected chi connectivity index (χ0v) is 12.7. The monoisotopic (exact) mass is 284 g/mol. The van der Waals surface area contributed by atoms with Gasteiger partial charge in [-0.25, -0.2) is 9.97 Å². The third-order valence-corrected chi connectivity index (χ3v) is 6.70. The fraction of sp³-hybridized carbons (Fsp3) is 0.692. The molecule has 0 saturated carbocycles. The van der Waals surface area contributed by atoms with Crippen molar-refractivity contribution in [3.05, 3.63) is 23.3 Å². The molecule has 3 atom stereocenters. The number of hydrogen-bond acceptors (Lipinski definition) is 5. The minimum absolute atomic E-state index is 0.0312. The van der Waals surface area contributed by atoms with Crippen LogP contribution < -0.4 is 0 Å². The highest BCUT2D eigenvalue weighted by atomic mass is 32.2. The van der Waals surface area contributed by atoms with Crippen LogP contribution in [0, 0.1) is 0 Å². The molecule has 0 amide bonds. The molecule has 5 heteroatoms. The number of hydrogen-bond donors (Lipinski definition) is 1. The predicted octanol–water partition coefficient (Wildman–Crippen LogP) is 2.83. The Morgan fingerprint density at radius 2 is 2.17 bits per heavy atom. The minimum Gasteiger partial charge on any atom is -0.392 e. The topological polar surface area (TPSA) is 46.0 Å². The van der Waals surface area contributed by atoms with Gasteiger partial charge in [-0.15, -0.1) is 11.8 Å². The number of nitrogens with zero attached hydrogens (tertiary/aromatic N) is 2. The largest absolute Gasteiger partial charge is 0.392 e. The molecule has 1 aliphatic heterocycles. The van der Waals surface area contributed by atoms with E-state index in [-0.39, 0.29) is 6.61 Å². The first-order valence-corrected chi connectivity index (χ1v) is 8.37. The second-order valence-corrected chi connectivity index (χ2v) is 7.58. The van der Waals surface area contributed by atoms with Gasteiger partial charge in [0.2, 0.25) is 0 Å². The summed E-state index contributed by atoms with van der Waals surface area (Å²) in [4.78, 5) is 9.08. The Balaban J connectivity index is 2.18.